The Morgan fingerprint density at radius 3 is 2.56 bits per heavy atom. The van der Waals surface area contributed by atoms with Gasteiger partial charge in [0.2, 0.25) is 0 Å². The molecule has 9 heavy (non-hydrogen) atoms. The van der Waals surface area contributed by atoms with Crippen molar-refractivity contribution in [1.29, 1.82) is 0 Å². The quantitative estimate of drug-likeness (QED) is 0.182. The predicted octanol–water partition coefficient (Wildman–Crippen LogP) is -4.05. The summed E-state index contributed by atoms with van der Waals surface area (Å²) in [5, 5.41) is 29.0. The molecule has 0 rings (SSSR count). The molecule has 0 aliphatic carbocycles. The second kappa shape index (κ2) is 7.96. The van der Waals surface area contributed by atoms with Crippen molar-refractivity contribution in [3.63, 3.8) is 0 Å². The van der Waals surface area contributed by atoms with Crippen LogP contribution in [0.3, 0.4) is 0 Å². The molecule has 0 saturated carbocycles. The third-order valence-corrected chi connectivity index (χ3v) is 0.433. The molecular weight excluding hydrogens is 137 g/mol. The summed E-state index contributed by atoms with van der Waals surface area (Å²) >= 11 is 0. The first kappa shape index (κ1) is 11.7. The van der Waals surface area contributed by atoms with Gasteiger partial charge in [-0.05, 0) is 5.28 Å². The minimum atomic E-state index is -0.254. The minimum absolute atomic E-state index is 0. The van der Waals surface area contributed by atoms with Crippen LogP contribution in [-0.4, -0.2) is 23.2 Å². The van der Waals surface area contributed by atoms with Gasteiger partial charge in [0.25, 0.3) is 0 Å². The van der Waals surface area contributed by atoms with Crippen molar-refractivity contribution in [1.82, 2.24) is 5.43 Å². The Labute approximate surface area is 74.0 Å². The third-order valence-electron chi connectivity index (χ3n) is 0.433. The summed E-state index contributed by atoms with van der Waals surface area (Å²) in [6, 6.07) is 0. The smallest absolute Gasteiger partial charge is 0.737 e. The normalized spacial score (nSPS) is 10.1. The van der Waals surface area contributed by atoms with Gasteiger partial charge in [-0.15, -0.1) is 0 Å². The Balaban J connectivity index is 0. The van der Waals surface area contributed by atoms with Crippen molar-refractivity contribution in [2.75, 3.05) is 13.2 Å². The van der Waals surface area contributed by atoms with E-state index < -0.39 is 0 Å². The molecule has 48 valence electrons. The standard InChI is InChI=1S/C2H7N3O3.Na/c6-2-1-3-5(8)4-7;/h6-7H,1-2H2,(H,3,4);/q;+1/p-1. The van der Waals surface area contributed by atoms with Gasteiger partial charge in [-0.1, -0.05) is 0 Å². The first-order valence-electron chi connectivity index (χ1n) is 1.96. The molecule has 0 atom stereocenters. The number of aliphatic hydroxyl groups excluding tert-OH is 1. The first-order valence-corrected chi connectivity index (χ1v) is 1.96. The molecule has 2 N–H and O–H groups in total. The van der Waals surface area contributed by atoms with E-state index in [9.17, 15) is 10.4 Å². The SMILES string of the molecule is [Na+].[O-]N=[N+]([O-])NCCO. The molecule has 0 aliphatic heterocycles. The fraction of sp³-hybridized carbons (Fsp3) is 1.00. The summed E-state index contributed by atoms with van der Waals surface area (Å²) in [6.07, 6.45) is 0. The molecule has 0 radical (unpaired) electrons. The summed E-state index contributed by atoms with van der Waals surface area (Å²) in [6.45, 7) is -0.163. The molecule has 0 aromatic carbocycles. The number of aliphatic hydroxyl groups is 1. The van der Waals surface area contributed by atoms with Gasteiger partial charge < -0.3 is 15.5 Å². The summed E-state index contributed by atoms with van der Waals surface area (Å²) in [7, 11) is 0. The molecule has 7 heteroatoms. The van der Waals surface area contributed by atoms with E-state index in [2.05, 4.69) is 0 Å². The first-order chi connectivity index (χ1) is 3.81. The molecule has 6 nitrogen and oxygen atoms in total. The third kappa shape index (κ3) is 7.96. The van der Waals surface area contributed by atoms with Gasteiger partial charge in [0.05, 0.1) is 13.2 Å². The van der Waals surface area contributed by atoms with Crippen molar-refractivity contribution in [3.05, 3.63) is 10.4 Å². The average Bonchev–Trinajstić information content (AvgIpc) is 1.83. The van der Waals surface area contributed by atoms with E-state index in [1.807, 2.05) is 10.7 Å². The van der Waals surface area contributed by atoms with E-state index in [-0.39, 0.29) is 47.7 Å². The van der Waals surface area contributed by atoms with Gasteiger partial charge in [-0.2, -0.15) is 5.43 Å². The van der Waals surface area contributed by atoms with Gasteiger partial charge >= 0.3 is 29.6 Å². The fourth-order valence-electron chi connectivity index (χ4n) is 0.175. The van der Waals surface area contributed by atoms with Crippen LogP contribution < -0.4 is 35.0 Å². The van der Waals surface area contributed by atoms with Crippen LogP contribution in [0.15, 0.2) is 5.28 Å². The van der Waals surface area contributed by atoms with Crippen molar-refractivity contribution in [2.24, 2.45) is 5.28 Å². The average molecular weight is 143 g/mol. The van der Waals surface area contributed by atoms with Crippen LogP contribution in [0.2, 0.25) is 0 Å². The van der Waals surface area contributed by atoms with Crippen molar-refractivity contribution in [3.8, 4) is 0 Å². The molecule has 0 bridgehead atoms. The number of hydrogen-bond acceptors (Lipinski definition) is 4. The number of hydrogen-bond donors (Lipinski definition) is 2. The maximum atomic E-state index is 9.79. The van der Waals surface area contributed by atoms with E-state index in [4.69, 9.17) is 5.11 Å². The van der Waals surface area contributed by atoms with Crippen LogP contribution in [0.25, 0.3) is 0 Å². The minimum Gasteiger partial charge on any atom is -0.737 e. The zero-order valence-electron chi connectivity index (χ0n) is 5.07. The number of nitrogens with zero attached hydrogens (tertiary/aromatic N) is 2. The number of hydrazine groups is 1. The fourth-order valence-corrected chi connectivity index (χ4v) is 0.175. The Hall–Kier alpha value is -0.0400. The second-order valence-electron chi connectivity index (χ2n) is 0.986. The Morgan fingerprint density at radius 1 is 1.67 bits per heavy atom. The van der Waals surface area contributed by atoms with Gasteiger partial charge in [0.15, 0.2) is 0 Å². The van der Waals surface area contributed by atoms with Crippen LogP contribution in [0.4, 0.5) is 0 Å². The number of rotatable bonds is 3. The molecule has 0 aromatic rings. The van der Waals surface area contributed by atoms with Gasteiger partial charge in [-0.3, -0.25) is 0 Å². The van der Waals surface area contributed by atoms with Crippen LogP contribution in [0, 0.1) is 10.4 Å². The second-order valence-corrected chi connectivity index (χ2v) is 0.986. The van der Waals surface area contributed by atoms with Crippen molar-refractivity contribution >= 4 is 0 Å². The molecular formula is C2H6N3NaO3. The molecule has 0 amide bonds. The summed E-state index contributed by atoms with van der Waals surface area (Å²) in [5.41, 5.74) is 1.93. The van der Waals surface area contributed by atoms with E-state index in [1.54, 1.807) is 0 Å². The van der Waals surface area contributed by atoms with Crippen LogP contribution >= 0.6 is 0 Å². The van der Waals surface area contributed by atoms with E-state index in [0.717, 1.165) is 0 Å². The predicted molar refractivity (Wildman–Crippen MR) is 24.5 cm³/mol. The molecule has 0 unspecified atom stereocenters. The van der Waals surface area contributed by atoms with E-state index in [1.165, 1.54) is 0 Å². The topological polar surface area (TPSA) is 93.8 Å². The Bertz CT molecular complexity index is 87.1. The van der Waals surface area contributed by atoms with E-state index in [0.29, 0.717) is 0 Å². The molecule has 0 heterocycles. The zero-order valence-corrected chi connectivity index (χ0v) is 7.07. The van der Waals surface area contributed by atoms with Crippen LogP contribution in [-0.2, 0) is 0 Å². The van der Waals surface area contributed by atoms with Crippen molar-refractivity contribution in [2.45, 2.75) is 0 Å². The number of nitrogens with one attached hydrogen (secondary N) is 1. The maximum Gasteiger partial charge on any atom is 1.00 e. The Morgan fingerprint density at radius 2 is 2.22 bits per heavy atom. The molecule has 0 fully saturated rings. The zero-order chi connectivity index (χ0) is 6.41. The van der Waals surface area contributed by atoms with Gasteiger partial charge in [0.1, 0.15) is 0 Å². The molecule has 0 aliphatic rings. The summed E-state index contributed by atoms with van der Waals surface area (Å²) < 4.78 is 0. The largest absolute Gasteiger partial charge is 1.00 e. The molecule has 0 aromatic heterocycles. The monoisotopic (exact) mass is 143 g/mol. The van der Waals surface area contributed by atoms with Gasteiger partial charge in [0, 0.05) is 4.97 Å². The van der Waals surface area contributed by atoms with Crippen molar-refractivity contribution < 1.29 is 39.6 Å². The van der Waals surface area contributed by atoms with Gasteiger partial charge in [-0.25, -0.2) is 0 Å². The summed E-state index contributed by atoms with van der Waals surface area (Å²) in [4.78, 5) is -0.254. The molecule has 0 spiro atoms. The van der Waals surface area contributed by atoms with Crippen LogP contribution in [0.5, 0.6) is 0 Å². The maximum absolute atomic E-state index is 9.79. The molecule has 0 saturated heterocycles. The van der Waals surface area contributed by atoms with E-state index >= 15 is 0 Å². The van der Waals surface area contributed by atoms with Crippen LogP contribution in [0.1, 0.15) is 0 Å². The Kier molecular flexibility index (Phi) is 10.4. The summed E-state index contributed by atoms with van der Waals surface area (Å²) in [5.74, 6) is 0.